The normalized spacial score (nSPS) is 10.5. The summed E-state index contributed by atoms with van der Waals surface area (Å²) in [5, 5.41) is 13.8. The highest BCUT2D eigenvalue weighted by atomic mass is 35.5. The number of nitro groups is 1. The van der Waals surface area contributed by atoms with Gasteiger partial charge in [0.15, 0.2) is 6.61 Å². The number of carbonyl (C=O) groups excluding carboxylic acids is 3. The number of ketones is 1. The van der Waals surface area contributed by atoms with Gasteiger partial charge in [-0.3, -0.25) is 24.5 Å². The van der Waals surface area contributed by atoms with Crippen molar-refractivity contribution in [3.05, 3.63) is 74.9 Å². The Morgan fingerprint density at radius 3 is 2.69 bits per heavy atom. The minimum atomic E-state index is -0.824. The van der Waals surface area contributed by atoms with E-state index in [1.165, 1.54) is 18.3 Å². The molecule has 0 aliphatic heterocycles. The lowest BCUT2D eigenvalue weighted by Gasteiger charge is -2.06. The van der Waals surface area contributed by atoms with Crippen molar-refractivity contribution in [1.29, 1.82) is 0 Å². The van der Waals surface area contributed by atoms with Crippen LogP contribution in [0.3, 0.4) is 0 Å². The van der Waals surface area contributed by atoms with E-state index in [1.807, 2.05) is 12.1 Å². The lowest BCUT2D eigenvalue weighted by atomic mass is 10.1. The molecule has 0 fully saturated rings. The summed E-state index contributed by atoms with van der Waals surface area (Å²) in [6, 6.07) is 10.7. The van der Waals surface area contributed by atoms with Gasteiger partial charge in [-0.05, 0) is 18.2 Å². The van der Waals surface area contributed by atoms with Crippen LogP contribution in [0.25, 0.3) is 10.9 Å². The molecule has 1 heterocycles. The van der Waals surface area contributed by atoms with Gasteiger partial charge in [-0.1, -0.05) is 29.8 Å². The van der Waals surface area contributed by atoms with Crippen LogP contribution in [-0.4, -0.2) is 40.7 Å². The number of benzene rings is 2. The van der Waals surface area contributed by atoms with Gasteiger partial charge in [-0.25, -0.2) is 0 Å². The average Bonchev–Trinajstić information content (AvgIpc) is 3.14. The molecule has 29 heavy (non-hydrogen) atoms. The Bertz CT molecular complexity index is 1120. The molecule has 10 heteroatoms. The summed E-state index contributed by atoms with van der Waals surface area (Å²) in [6.07, 6.45) is 1.54. The number of hydrogen-bond donors (Lipinski definition) is 2. The molecule has 0 radical (unpaired) electrons. The van der Waals surface area contributed by atoms with Crippen molar-refractivity contribution in [2.75, 3.05) is 13.2 Å². The number of nitrogens with zero attached hydrogens (tertiary/aromatic N) is 1. The second-order valence-corrected chi connectivity index (χ2v) is 6.34. The number of hydrogen-bond acceptors (Lipinski definition) is 6. The number of ether oxygens (including phenoxy) is 1. The van der Waals surface area contributed by atoms with E-state index in [0.29, 0.717) is 10.9 Å². The number of nitro benzene ring substituents is 1. The summed E-state index contributed by atoms with van der Waals surface area (Å²) < 4.78 is 4.90. The van der Waals surface area contributed by atoms with Gasteiger partial charge in [0.25, 0.3) is 11.6 Å². The quantitative estimate of drug-likeness (QED) is 0.264. The van der Waals surface area contributed by atoms with Crippen molar-refractivity contribution < 1.29 is 24.0 Å². The first kappa shape index (κ1) is 20.0. The summed E-state index contributed by atoms with van der Waals surface area (Å²) in [5.74, 6) is -1.94. The number of aromatic amines is 1. The maximum Gasteiger partial charge on any atom is 0.325 e. The fourth-order valence-electron chi connectivity index (χ4n) is 2.63. The van der Waals surface area contributed by atoms with E-state index in [4.69, 9.17) is 16.3 Å². The van der Waals surface area contributed by atoms with Crippen LogP contribution >= 0.6 is 11.6 Å². The third-order valence-corrected chi connectivity index (χ3v) is 4.37. The lowest BCUT2D eigenvalue weighted by molar-refractivity contribution is -0.384. The molecule has 0 saturated heterocycles. The molecular formula is C19H14ClN3O6. The number of esters is 1. The molecule has 0 bridgehead atoms. The van der Waals surface area contributed by atoms with Gasteiger partial charge in [0.05, 0.1) is 4.92 Å². The third kappa shape index (κ3) is 4.58. The van der Waals surface area contributed by atoms with Crippen LogP contribution in [-0.2, 0) is 9.53 Å². The second-order valence-electron chi connectivity index (χ2n) is 5.94. The Morgan fingerprint density at radius 2 is 1.93 bits per heavy atom. The molecule has 3 rings (SSSR count). The van der Waals surface area contributed by atoms with Gasteiger partial charge in [-0.2, -0.15) is 0 Å². The van der Waals surface area contributed by atoms with E-state index in [0.717, 1.165) is 11.6 Å². The van der Waals surface area contributed by atoms with Crippen molar-refractivity contribution in [3.63, 3.8) is 0 Å². The van der Waals surface area contributed by atoms with Crippen molar-refractivity contribution in [3.8, 4) is 0 Å². The molecule has 0 saturated carbocycles. The fourth-order valence-corrected chi connectivity index (χ4v) is 2.81. The maximum atomic E-state index is 12.3. The largest absolute Gasteiger partial charge is 0.456 e. The fraction of sp³-hybridized carbons (Fsp3) is 0.105. The molecule has 0 aliphatic rings. The zero-order chi connectivity index (χ0) is 21.0. The molecule has 148 valence electrons. The number of nitrogens with one attached hydrogen (secondary N) is 2. The molecule has 3 aromatic rings. The Hall–Kier alpha value is -3.72. The van der Waals surface area contributed by atoms with Crippen molar-refractivity contribution >= 4 is 45.9 Å². The first-order valence-electron chi connectivity index (χ1n) is 8.34. The number of Topliss-reactive ketones (excluding diaryl/α,β-unsaturated/α-hetero) is 1. The number of halogens is 1. The third-order valence-electron chi connectivity index (χ3n) is 4.05. The molecule has 0 atom stereocenters. The zero-order valence-electron chi connectivity index (χ0n) is 14.8. The molecule has 2 aromatic carbocycles. The van der Waals surface area contributed by atoms with Gasteiger partial charge >= 0.3 is 5.97 Å². The molecule has 0 aliphatic carbocycles. The highest BCUT2D eigenvalue weighted by Crippen LogP contribution is 2.25. The van der Waals surface area contributed by atoms with E-state index in [-0.39, 0.29) is 10.6 Å². The van der Waals surface area contributed by atoms with E-state index in [1.54, 1.807) is 12.1 Å². The predicted octanol–water partition coefficient (Wildman–Crippen LogP) is 2.89. The number of H-pyrrole nitrogens is 1. The molecule has 1 amide bonds. The van der Waals surface area contributed by atoms with Gasteiger partial charge in [0.1, 0.15) is 11.6 Å². The van der Waals surface area contributed by atoms with Gasteiger partial charge in [0.2, 0.25) is 5.78 Å². The van der Waals surface area contributed by atoms with Crippen LogP contribution in [0.5, 0.6) is 0 Å². The molecule has 9 nitrogen and oxygen atoms in total. The van der Waals surface area contributed by atoms with Crippen LogP contribution in [0.1, 0.15) is 20.7 Å². The highest BCUT2D eigenvalue weighted by Gasteiger charge is 2.18. The molecule has 0 spiro atoms. The van der Waals surface area contributed by atoms with E-state index in [9.17, 15) is 24.5 Å². The van der Waals surface area contributed by atoms with Crippen molar-refractivity contribution in [1.82, 2.24) is 10.3 Å². The lowest BCUT2D eigenvalue weighted by Crippen LogP contribution is -2.31. The number of carbonyl (C=O) groups is 3. The standard InChI is InChI=1S/C19H14ClN3O6/c20-14-6-5-11(7-16(14)23(27)28)19(26)22-9-18(25)29-10-17(24)13-8-21-15-4-2-1-3-12(13)15/h1-8,21H,9-10H2,(H,22,26). The Labute approximate surface area is 168 Å². The van der Waals surface area contributed by atoms with Gasteiger partial charge in [0, 0.05) is 34.3 Å². The van der Waals surface area contributed by atoms with Crippen LogP contribution in [0.2, 0.25) is 5.02 Å². The zero-order valence-corrected chi connectivity index (χ0v) is 15.6. The predicted molar refractivity (Wildman–Crippen MR) is 104 cm³/mol. The number of aromatic nitrogens is 1. The van der Waals surface area contributed by atoms with E-state index >= 15 is 0 Å². The first-order valence-corrected chi connectivity index (χ1v) is 8.71. The van der Waals surface area contributed by atoms with Crippen LogP contribution < -0.4 is 5.32 Å². The summed E-state index contributed by atoms with van der Waals surface area (Å²) in [4.78, 5) is 49.2. The smallest absolute Gasteiger partial charge is 0.325 e. The minimum Gasteiger partial charge on any atom is -0.456 e. The minimum absolute atomic E-state index is 0.0382. The van der Waals surface area contributed by atoms with E-state index < -0.39 is 41.4 Å². The van der Waals surface area contributed by atoms with Crippen molar-refractivity contribution in [2.24, 2.45) is 0 Å². The van der Waals surface area contributed by atoms with E-state index in [2.05, 4.69) is 10.3 Å². The van der Waals surface area contributed by atoms with Gasteiger partial charge in [-0.15, -0.1) is 0 Å². The Balaban J connectivity index is 1.53. The van der Waals surface area contributed by atoms with Crippen LogP contribution in [0.15, 0.2) is 48.7 Å². The van der Waals surface area contributed by atoms with Crippen LogP contribution in [0, 0.1) is 10.1 Å². The number of rotatable bonds is 7. The summed E-state index contributed by atoms with van der Waals surface area (Å²) in [6.45, 7) is -0.987. The molecule has 1 aromatic heterocycles. The van der Waals surface area contributed by atoms with Crippen LogP contribution in [0.4, 0.5) is 5.69 Å². The van der Waals surface area contributed by atoms with Gasteiger partial charge < -0.3 is 15.0 Å². The van der Waals surface area contributed by atoms with Crippen molar-refractivity contribution in [2.45, 2.75) is 0 Å². The monoisotopic (exact) mass is 415 g/mol. The second kappa shape index (κ2) is 8.53. The number of fused-ring (bicyclic) bond motifs is 1. The number of amides is 1. The summed E-state index contributed by atoms with van der Waals surface area (Å²) >= 11 is 5.69. The molecule has 0 unspecified atom stereocenters. The maximum absolute atomic E-state index is 12.3. The number of para-hydroxylation sites is 1. The highest BCUT2D eigenvalue weighted by molar-refractivity contribution is 6.32. The molecule has 2 N–H and O–H groups in total. The Kier molecular flexibility index (Phi) is 5.89. The molecular weight excluding hydrogens is 402 g/mol. The summed E-state index contributed by atoms with van der Waals surface area (Å²) in [7, 11) is 0. The first-order chi connectivity index (χ1) is 13.9. The summed E-state index contributed by atoms with van der Waals surface area (Å²) in [5.41, 5.74) is 0.715. The SMILES string of the molecule is O=C(CNC(=O)c1ccc(Cl)c([N+](=O)[O-])c1)OCC(=O)c1c[nH]c2ccccc12. The topological polar surface area (TPSA) is 131 Å². The average molecular weight is 416 g/mol. The Morgan fingerprint density at radius 1 is 1.17 bits per heavy atom.